The van der Waals surface area contributed by atoms with Crippen LogP contribution in [0.1, 0.15) is 18.8 Å². The number of aromatic amines is 1. The molecule has 0 aromatic carbocycles. The molecule has 0 fully saturated rings. The summed E-state index contributed by atoms with van der Waals surface area (Å²) < 4.78 is 1.61. The molecule has 2 heterocycles. The van der Waals surface area contributed by atoms with E-state index >= 15 is 0 Å². The number of H-pyrrole nitrogens is 1. The molecule has 0 aliphatic carbocycles. The zero-order valence-electron chi connectivity index (χ0n) is 8.92. The summed E-state index contributed by atoms with van der Waals surface area (Å²) >= 11 is 0. The number of carbonyl (C=O) groups excluding carboxylic acids is 1. The molecule has 2 aromatic heterocycles. The van der Waals surface area contributed by atoms with Crippen LogP contribution in [0.2, 0.25) is 0 Å². The maximum atomic E-state index is 11.7. The summed E-state index contributed by atoms with van der Waals surface area (Å²) in [6.45, 7) is 2.20. The average Bonchev–Trinajstić information content (AvgIpc) is 2.96. The van der Waals surface area contributed by atoms with Crippen LogP contribution < -0.4 is 5.32 Å². The minimum absolute atomic E-state index is 0.0832. The lowest BCUT2D eigenvalue weighted by Crippen LogP contribution is -2.31. The van der Waals surface area contributed by atoms with Gasteiger partial charge >= 0.3 is 0 Å². The predicted molar refractivity (Wildman–Crippen MR) is 57.4 cm³/mol. The molecule has 2 rings (SSSR count). The third-order valence-electron chi connectivity index (χ3n) is 2.29. The van der Waals surface area contributed by atoms with Crippen LogP contribution in [0.4, 0.5) is 0 Å². The fourth-order valence-electron chi connectivity index (χ4n) is 1.34. The quantitative estimate of drug-likeness (QED) is 0.785. The third-order valence-corrected chi connectivity index (χ3v) is 2.29. The molecule has 0 aliphatic heterocycles. The first kappa shape index (κ1) is 10.4. The van der Waals surface area contributed by atoms with Gasteiger partial charge in [0.2, 0.25) is 5.91 Å². The second-order valence-corrected chi connectivity index (χ2v) is 3.42. The molecule has 2 aromatic rings. The Morgan fingerprint density at radius 3 is 3.12 bits per heavy atom. The van der Waals surface area contributed by atoms with Gasteiger partial charge in [0.1, 0.15) is 11.9 Å². The fourth-order valence-corrected chi connectivity index (χ4v) is 1.34. The smallest absolute Gasteiger partial charge is 0.244 e. The van der Waals surface area contributed by atoms with E-state index in [4.69, 9.17) is 0 Å². The van der Waals surface area contributed by atoms with Crippen molar-refractivity contribution in [2.24, 2.45) is 0 Å². The van der Waals surface area contributed by atoms with E-state index in [0.29, 0.717) is 6.54 Å². The number of nitrogens with one attached hydrogen (secondary N) is 2. The molecule has 0 bridgehead atoms. The molecule has 0 saturated carbocycles. The van der Waals surface area contributed by atoms with Gasteiger partial charge in [0.15, 0.2) is 0 Å². The van der Waals surface area contributed by atoms with Crippen LogP contribution in [0, 0.1) is 0 Å². The van der Waals surface area contributed by atoms with Crippen LogP contribution in [-0.4, -0.2) is 25.7 Å². The van der Waals surface area contributed by atoms with E-state index in [9.17, 15) is 4.79 Å². The molecule has 0 spiro atoms. The molecule has 0 aliphatic rings. The van der Waals surface area contributed by atoms with Crippen LogP contribution >= 0.6 is 0 Å². The molecule has 1 amide bonds. The summed E-state index contributed by atoms with van der Waals surface area (Å²) in [6, 6.07) is 1.47. The van der Waals surface area contributed by atoms with Crippen LogP contribution in [-0.2, 0) is 11.3 Å². The molecule has 0 radical (unpaired) electrons. The van der Waals surface area contributed by atoms with Gasteiger partial charge in [0, 0.05) is 24.8 Å². The highest BCUT2D eigenvalue weighted by Gasteiger charge is 2.14. The lowest BCUT2D eigenvalue weighted by Gasteiger charge is -2.11. The van der Waals surface area contributed by atoms with E-state index in [1.165, 1.54) is 0 Å². The Labute approximate surface area is 92.7 Å². The molecule has 1 unspecified atom stereocenters. The monoisotopic (exact) mass is 219 g/mol. The van der Waals surface area contributed by atoms with Gasteiger partial charge in [-0.05, 0) is 13.0 Å². The zero-order valence-corrected chi connectivity index (χ0v) is 8.92. The van der Waals surface area contributed by atoms with Crippen molar-refractivity contribution < 1.29 is 4.79 Å². The van der Waals surface area contributed by atoms with Gasteiger partial charge < -0.3 is 10.3 Å². The Kier molecular flexibility index (Phi) is 3.00. The molecule has 0 saturated heterocycles. The summed E-state index contributed by atoms with van der Waals surface area (Å²) in [5.74, 6) is 0.654. The van der Waals surface area contributed by atoms with Crippen molar-refractivity contribution in [1.29, 1.82) is 0 Å². The van der Waals surface area contributed by atoms with Crippen molar-refractivity contribution in [2.45, 2.75) is 19.5 Å². The van der Waals surface area contributed by atoms with E-state index in [0.717, 1.165) is 5.82 Å². The predicted octanol–water partition coefficient (Wildman–Crippen LogP) is 0.484. The van der Waals surface area contributed by atoms with Gasteiger partial charge in [-0.3, -0.25) is 9.48 Å². The van der Waals surface area contributed by atoms with Crippen molar-refractivity contribution >= 4 is 5.91 Å². The van der Waals surface area contributed by atoms with E-state index in [2.05, 4.69) is 20.4 Å². The number of aromatic nitrogens is 4. The Hall–Kier alpha value is -2.11. The molecule has 2 N–H and O–H groups in total. The van der Waals surface area contributed by atoms with E-state index in [-0.39, 0.29) is 11.9 Å². The minimum atomic E-state index is -0.315. The highest BCUT2D eigenvalue weighted by molar-refractivity contribution is 5.79. The largest absolute Gasteiger partial charge is 0.347 e. The number of hydrogen-bond donors (Lipinski definition) is 2. The highest BCUT2D eigenvalue weighted by atomic mass is 16.2. The average molecular weight is 219 g/mol. The SMILES string of the molecule is CC(C(=O)NCc1ncc[nH]1)n1cccn1. The molecular formula is C10H13N5O. The number of nitrogens with zero attached hydrogens (tertiary/aromatic N) is 3. The van der Waals surface area contributed by atoms with Crippen LogP contribution in [0.15, 0.2) is 30.9 Å². The van der Waals surface area contributed by atoms with Crippen LogP contribution in [0.5, 0.6) is 0 Å². The molecule has 6 nitrogen and oxygen atoms in total. The number of carbonyl (C=O) groups is 1. The van der Waals surface area contributed by atoms with Crippen LogP contribution in [0.25, 0.3) is 0 Å². The number of imidazole rings is 1. The summed E-state index contributed by atoms with van der Waals surface area (Å²) in [6.07, 6.45) is 6.78. The van der Waals surface area contributed by atoms with Gasteiger partial charge in [-0.2, -0.15) is 5.10 Å². The molecular weight excluding hydrogens is 206 g/mol. The second-order valence-electron chi connectivity index (χ2n) is 3.42. The second kappa shape index (κ2) is 4.61. The molecule has 1 atom stereocenters. The van der Waals surface area contributed by atoms with Gasteiger partial charge in [-0.15, -0.1) is 0 Å². The maximum Gasteiger partial charge on any atom is 0.244 e. The number of rotatable bonds is 4. The van der Waals surface area contributed by atoms with Crippen LogP contribution in [0.3, 0.4) is 0 Å². The fraction of sp³-hybridized carbons (Fsp3) is 0.300. The van der Waals surface area contributed by atoms with Crippen molar-refractivity contribution in [3.63, 3.8) is 0 Å². The summed E-state index contributed by atoms with van der Waals surface area (Å²) in [5.41, 5.74) is 0. The normalized spacial score (nSPS) is 12.3. The first-order valence-electron chi connectivity index (χ1n) is 5.02. The minimum Gasteiger partial charge on any atom is -0.347 e. The Morgan fingerprint density at radius 2 is 2.50 bits per heavy atom. The standard InChI is InChI=1S/C10H13N5O/c1-8(15-6-2-3-14-15)10(16)13-7-9-11-4-5-12-9/h2-6,8H,7H2,1H3,(H,11,12)(H,13,16). The molecule has 84 valence electrons. The van der Waals surface area contributed by atoms with E-state index < -0.39 is 0 Å². The van der Waals surface area contributed by atoms with Crippen molar-refractivity contribution in [3.8, 4) is 0 Å². The topological polar surface area (TPSA) is 75.6 Å². The molecule has 16 heavy (non-hydrogen) atoms. The van der Waals surface area contributed by atoms with Crippen molar-refractivity contribution in [2.75, 3.05) is 0 Å². The lowest BCUT2D eigenvalue weighted by atomic mass is 10.3. The Bertz CT molecular complexity index is 434. The van der Waals surface area contributed by atoms with Gasteiger partial charge in [-0.25, -0.2) is 4.98 Å². The summed E-state index contributed by atoms with van der Waals surface area (Å²) in [7, 11) is 0. The first-order chi connectivity index (χ1) is 7.77. The van der Waals surface area contributed by atoms with E-state index in [1.54, 1.807) is 42.5 Å². The highest BCUT2D eigenvalue weighted by Crippen LogP contribution is 2.03. The van der Waals surface area contributed by atoms with E-state index in [1.807, 2.05) is 0 Å². The Morgan fingerprint density at radius 1 is 1.62 bits per heavy atom. The van der Waals surface area contributed by atoms with Gasteiger partial charge in [0.25, 0.3) is 0 Å². The molecule has 6 heteroatoms. The maximum absolute atomic E-state index is 11.7. The first-order valence-corrected chi connectivity index (χ1v) is 5.02. The summed E-state index contributed by atoms with van der Waals surface area (Å²) in [5, 5.41) is 6.79. The van der Waals surface area contributed by atoms with Gasteiger partial charge in [0.05, 0.1) is 6.54 Å². The number of amides is 1. The summed E-state index contributed by atoms with van der Waals surface area (Å²) in [4.78, 5) is 18.7. The lowest BCUT2D eigenvalue weighted by molar-refractivity contribution is -0.124. The van der Waals surface area contributed by atoms with Crippen molar-refractivity contribution in [1.82, 2.24) is 25.1 Å². The third kappa shape index (κ3) is 2.28. The zero-order chi connectivity index (χ0) is 11.4. The van der Waals surface area contributed by atoms with Gasteiger partial charge in [-0.1, -0.05) is 0 Å². The number of hydrogen-bond acceptors (Lipinski definition) is 3. The van der Waals surface area contributed by atoms with Crippen molar-refractivity contribution in [3.05, 3.63) is 36.7 Å². The Balaban J connectivity index is 1.89.